The third kappa shape index (κ3) is 6.02. The van der Waals surface area contributed by atoms with Crippen molar-refractivity contribution in [2.24, 2.45) is 5.73 Å². The highest BCUT2D eigenvalue weighted by atomic mass is 79.9. The lowest BCUT2D eigenvalue weighted by Gasteiger charge is -2.24. The van der Waals surface area contributed by atoms with Crippen LogP contribution in [0.1, 0.15) is 20.3 Å². The Balaban J connectivity index is 2.28. The van der Waals surface area contributed by atoms with Gasteiger partial charge in [0.25, 0.3) is 0 Å². The van der Waals surface area contributed by atoms with Crippen LogP contribution in [0.25, 0.3) is 0 Å². The van der Waals surface area contributed by atoms with E-state index in [0.717, 1.165) is 10.2 Å². The molecule has 0 spiro atoms. The molecule has 0 radical (unpaired) electrons. The fourth-order valence-corrected chi connectivity index (χ4v) is 1.99. The Kier molecular flexibility index (Phi) is 5.62. The van der Waals surface area contributed by atoms with Gasteiger partial charge in [0.1, 0.15) is 12.4 Å². The first-order chi connectivity index (χ1) is 8.39. The van der Waals surface area contributed by atoms with Crippen LogP contribution in [0.4, 0.5) is 0 Å². The molecule has 0 bridgehead atoms. The molecule has 0 saturated carbocycles. The maximum Gasteiger partial charge on any atom is 0.219 e. The lowest BCUT2D eigenvalue weighted by atomic mass is 10.0. The van der Waals surface area contributed by atoms with Gasteiger partial charge in [-0.15, -0.1) is 0 Å². The van der Waals surface area contributed by atoms with Gasteiger partial charge in [0.15, 0.2) is 0 Å². The molecule has 0 aromatic heterocycles. The predicted molar refractivity (Wildman–Crippen MR) is 75.5 cm³/mol. The number of primary amides is 1. The fraction of sp³-hybridized carbons (Fsp3) is 0.462. The molecular weight excluding hydrogens is 296 g/mol. The van der Waals surface area contributed by atoms with E-state index in [4.69, 9.17) is 10.5 Å². The highest BCUT2D eigenvalue weighted by molar-refractivity contribution is 9.10. The second-order valence-electron chi connectivity index (χ2n) is 4.76. The average Bonchev–Trinajstić information content (AvgIpc) is 2.23. The summed E-state index contributed by atoms with van der Waals surface area (Å²) in [4.78, 5) is 10.9. The van der Waals surface area contributed by atoms with Crippen molar-refractivity contribution >= 4 is 21.8 Å². The Morgan fingerprint density at radius 2 is 2.22 bits per heavy atom. The van der Waals surface area contributed by atoms with Crippen molar-refractivity contribution in [2.75, 3.05) is 13.2 Å². The van der Waals surface area contributed by atoms with Gasteiger partial charge in [-0.25, -0.2) is 0 Å². The molecule has 5 heteroatoms. The van der Waals surface area contributed by atoms with Crippen LogP contribution < -0.4 is 15.8 Å². The summed E-state index contributed by atoms with van der Waals surface area (Å²) in [6, 6.07) is 7.68. The molecule has 0 fully saturated rings. The predicted octanol–water partition coefficient (Wildman–Crippen LogP) is 2.07. The van der Waals surface area contributed by atoms with Crippen LogP contribution in [-0.4, -0.2) is 24.6 Å². The highest BCUT2D eigenvalue weighted by Crippen LogP contribution is 2.17. The van der Waals surface area contributed by atoms with E-state index in [1.807, 2.05) is 38.1 Å². The molecule has 4 nitrogen and oxygen atoms in total. The van der Waals surface area contributed by atoms with Gasteiger partial charge in [0.05, 0.1) is 0 Å². The normalized spacial score (nSPS) is 11.3. The second kappa shape index (κ2) is 6.75. The summed E-state index contributed by atoms with van der Waals surface area (Å²) in [5.74, 6) is 0.513. The molecule has 0 aliphatic heterocycles. The first-order valence-corrected chi connectivity index (χ1v) is 6.60. The number of carbonyl (C=O) groups excluding carboxylic acids is 1. The van der Waals surface area contributed by atoms with Gasteiger partial charge in [-0.05, 0) is 32.0 Å². The number of rotatable bonds is 7. The van der Waals surface area contributed by atoms with Gasteiger partial charge in [0, 0.05) is 23.0 Å². The van der Waals surface area contributed by atoms with Crippen LogP contribution in [-0.2, 0) is 4.79 Å². The summed E-state index contributed by atoms with van der Waals surface area (Å²) < 4.78 is 6.57. The standard InChI is InChI=1S/C13H19BrN2O2/c1-13(2,9-12(15)17)16-6-7-18-11-5-3-4-10(14)8-11/h3-5,8,16H,6-7,9H2,1-2H3,(H2,15,17). The summed E-state index contributed by atoms with van der Waals surface area (Å²) in [6.07, 6.45) is 0.309. The van der Waals surface area contributed by atoms with Crippen molar-refractivity contribution in [1.29, 1.82) is 0 Å². The zero-order valence-corrected chi connectivity index (χ0v) is 12.3. The molecule has 100 valence electrons. The maximum absolute atomic E-state index is 10.9. The van der Waals surface area contributed by atoms with Crippen LogP contribution in [0, 0.1) is 0 Å². The number of carbonyl (C=O) groups is 1. The molecule has 0 atom stereocenters. The van der Waals surface area contributed by atoms with Gasteiger partial charge >= 0.3 is 0 Å². The average molecular weight is 315 g/mol. The minimum atomic E-state index is -0.305. The summed E-state index contributed by atoms with van der Waals surface area (Å²) in [5.41, 5.74) is 4.88. The molecule has 3 N–H and O–H groups in total. The Morgan fingerprint density at radius 1 is 1.50 bits per heavy atom. The summed E-state index contributed by atoms with van der Waals surface area (Å²) in [7, 11) is 0. The lowest BCUT2D eigenvalue weighted by Crippen LogP contribution is -2.44. The summed E-state index contributed by atoms with van der Waals surface area (Å²) in [6.45, 7) is 5.08. The first kappa shape index (κ1) is 15.0. The van der Waals surface area contributed by atoms with Gasteiger partial charge in [-0.3, -0.25) is 4.79 Å². The number of hydrogen-bond donors (Lipinski definition) is 2. The smallest absolute Gasteiger partial charge is 0.219 e. The minimum Gasteiger partial charge on any atom is -0.492 e. The van der Waals surface area contributed by atoms with E-state index in [2.05, 4.69) is 21.2 Å². The monoisotopic (exact) mass is 314 g/mol. The largest absolute Gasteiger partial charge is 0.492 e. The summed E-state index contributed by atoms with van der Waals surface area (Å²) in [5, 5.41) is 3.24. The quantitative estimate of drug-likeness (QED) is 0.757. The van der Waals surface area contributed by atoms with Crippen LogP contribution >= 0.6 is 15.9 Å². The van der Waals surface area contributed by atoms with Crippen molar-refractivity contribution in [2.45, 2.75) is 25.8 Å². The highest BCUT2D eigenvalue weighted by Gasteiger charge is 2.19. The van der Waals surface area contributed by atoms with Crippen molar-refractivity contribution in [3.05, 3.63) is 28.7 Å². The Labute approximate surface area is 116 Å². The van der Waals surface area contributed by atoms with Gasteiger partial charge in [0.2, 0.25) is 5.91 Å². The number of nitrogens with one attached hydrogen (secondary N) is 1. The van der Waals surface area contributed by atoms with E-state index in [-0.39, 0.29) is 11.4 Å². The number of hydrogen-bond acceptors (Lipinski definition) is 3. The second-order valence-corrected chi connectivity index (χ2v) is 5.68. The van der Waals surface area contributed by atoms with E-state index in [1.54, 1.807) is 0 Å². The van der Waals surface area contributed by atoms with E-state index < -0.39 is 0 Å². The van der Waals surface area contributed by atoms with Crippen molar-refractivity contribution in [3.63, 3.8) is 0 Å². The third-order valence-corrected chi connectivity index (χ3v) is 2.88. The Morgan fingerprint density at radius 3 is 2.83 bits per heavy atom. The van der Waals surface area contributed by atoms with E-state index in [9.17, 15) is 4.79 Å². The Hall–Kier alpha value is -1.07. The van der Waals surface area contributed by atoms with Crippen LogP contribution in [0.15, 0.2) is 28.7 Å². The van der Waals surface area contributed by atoms with Gasteiger partial charge in [-0.1, -0.05) is 22.0 Å². The SMILES string of the molecule is CC(C)(CC(N)=O)NCCOc1cccc(Br)c1. The number of halogens is 1. The first-order valence-electron chi connectivity index (χ1n) is 5.81. The fourth-order valence-electron chi connectivity index (χ4n) is 1.61. The number of amides is 1. The zero-order valence-electron chi connectivity index (χ0n) is 10.7. The number of benzene rings is 1. The zero-order chi connectivity index (χ0) is 13.6. The molecule has 1 aromatic carbocycles. The van der Waals surface area contributed by atoms with E-state index in [1.165, 1.54) is 0 Å². The minimum absolute atomic E-state index is 0.299. The van der Waals surface area contributed by atoms with Gasteiger partial charge < -0.3 is 15.8 Å². The molecule has 18 heavy (non-hydrogen) atoms. The van der Waals surface area contributed by atoms with Gasteiger partial charge in [-0.2, -0.15) is 0 Å². The molecule has 0 aliphatic rings. The molecule has 0 saturated heterocycles. The number of ether oxygens (including phenoxy) is 1. The van der Waals surface area contributed by atoms with Crippen LogP contribution in [0.5, 0.6) is 5.75 Å². The van der Waals surface area contributed by atoms with E-state index >= 15 is 0 Å². The maximum atomic E-state index is 10.9. The van der Waals surface area contributed by atoms with Crippen molar-refractivity contribution < 1.29 is 9.53 Å². The molecule has 0 aliphatic carbocycles. The Bertz CT molecular complexity index is 408. The lowest BCUT2D eigenvalue weighted by molar-refractivity contribution is -0.119. The molecule has 1 rings (SSSR count). The van der Waals surface area contributed by atoms with Crippen molar-refractivity contribution in [3.8, 4) is 5.75 Å². The van der Waals surface area contributed by atoms with Crippen LogP contribution in [0.2, 0.25) is 0 Å². The molecule has 0 heterocycles. The summed E-state index contributed by atoms with van der Waals surface area (Å²) >= 11 is 3.38. The molecule has 0 unspecified atom stereocenters. The third-order valence-electron chi connectivity index (χ3n) is 2.39. The van der Waals surface area contributed by atoms with Crippen molar-refractivity contribution in [1.82, 2.24) is 5.32 Å². The molecule has 1 amide bonds. The van der Waals surface area contributed by atoms with Crippen LogP contribution in [0.3, 0.4) is 0 Å². The van der Waals surface area contributed by atoms with E-state index in [0.29, 0.717) is 19.6 Å². The number of nitrogens with two attached hydrogens (primary N) is 1. The molecule has 1 aromatic rings. The topological polar surface area (TPSA) is 64.4 Å². The molecular formula is C13H19BrN2O2.